The molecule has 2 aromatic rings. The molecule has 30 heavy (non-hydrogen) atoms. The van der Waals surface area contributed by atoms with Crippen molar-refractivity contribution in [2.24, 2.45) is 5.92 Å². The quantitative estimate of drug-likeness (QED) is 0.649. The molecule has 0 unspecified atom stereocenters. The minimum absolute atomic E-state index is 0.0521. The van der Waals surface area contributed by atoms with Crippen LogP contribution in [0.1, 0.15) is 32.6 Å². The van der Waals surface area contributed by atoms with E-state index in [9.17, 15) is 4.79 Å². The first-order valence-corrected chi connectivity index (χ1v) is 12.2. The molecule has 0 radical (unpaired) electrons. The van der Waals surface area contributed by atoms with Crippen LogP contribution in [-0.2, 0) is 4.79 Å². The fraction of sp³-hybridized carbons (Fsp3) is 0.682. The number of piperazine rings is 1. The maximum atomic E-state index is 12.7. The van der Waals surface area contributed by atoms with Gasteiger partial charge in [0, 0.05) is 52.0 Å². The summed E-state index contributed by atoms with van der Waals surface area (Å²) >= 11 is 1.62. The third-order valence-corrected chi connectivity index (χ3v) is 7.21. The van der Waals surface area contributed by atoms with Gasteiger partial charge in [0.1, 0.15) is 10.3 Å². The largest absolute Gasteiger partial charge is 0.356 e. The second kappa shape index (κ2) is 10.5. The van der Waals surface area contributed by atoms with Gasteiger partial charge in [0.25, 0.3) is 0 Å². The topological polar surface area (TPSA) is 64.6 Å². The van der Waals surface area contributed by atoms with E-state index in [1.54, 1.807) is 11.3 Å². The predicted octanol–water partition coefficient (Wildman–Crippen LogP) is 2.44. The van der Waals surface area contributed by atoms with Gasteiger partial charge >= 0.3 is 0 Å². The van der Waals surface area contributed by atoms with Gasteiger partial charge in [0.05, 0.1) is 5.92 Å². The number of anilines is 1. The number of piperidine rings is 1. The zero-order valence-electron chi connectivity index (χ0n) is 18.1. The highest BCUT2D eigenvalue weighted by Crippen LogP contribution is 2.30. The number of nitrogens with one attached hydrogen (secondary N) is 1. The van der Waals surface area contributed by atoms with Gasteiger partial charge in [-0.2, -0.15) is 0 Å². The minimum atomic E-state index is 0.0521. The molecular weight excluding hydrogens is 396 g/mol. The number of carbonyl (C=O) groups is 1. The van der Waals surface area contributed by atoms with Crippen molar-refractivity contribution >= 4 is 32.7 Å². The Hall–Kier alpha value is -1.77. The van der Waals surface area contributed by atoms with Gasteiger partial charge < -0.3 is 20.0 Å². The van der Waals surface area contributed by atoms with Crippen LogP contribution >= 0.6 is 11.3 Å². The molecule has 7 nitrogen and oxygen atoms in total. The lowest BCUT2D eigenvalue weighted by molar-refractivity contribution is -0.125. The SMILES string of the molecule is CCCN1CCN(CCCNC(=O)[C@@H]2CCCN(c3nc4cccnc4s3)C2)CC1. The molecule has 1 atom stereocenters. The van der Waals surface area contributed by atoms with Crippen molar-refractivity contribution in [2.45, 2.75) is 32.6 Å². The molecule has 4 rings (SSSR count). The molecule has 0 spiro atoms. The molecule has 0 aliphatic carbocycles. The molecule has 1 N–H and O–H groups in total. The zero-order chi connectivity index (χ0) is 20.8. The van der Waals surface area contributed by atoms with E-state index < -0.39 is 0 Å². The average molecular weight is 431 g/mol. The number of hydrogen-bond donors (Lipinski definition) is 1. The first kappa shape index (κ1) is 21.5. The second-order valence-electron chi connectivity index (χ2n) is 8.44. The summed E-state index contributed by atoms with van der Waals surface area (Å²) in [6, 6.07) is 3.92. The van der Waals surface area contributed by atoms with Crippen molar-refractivity contribution in [1.29, 1.82) is 0 Å². The Morgan fingerprint density at radius 2 is 2.00 bits per heavy atom. The lowest BCUT2D eigenvalue weighted by atomic mass is 9.97. The van der Waals surface area contributed by atoms with Crippen LogP contribution in [0.25, 0.3) is 10.3 Å². The Bertz CT molecular complexity index is 786. The molecule has 2 saturated heterocycles. The molecule has 1 amide bonds. The Kier molecular flexibility index (Phi) is 7.52. The van der Waals surface area contributed by atoms with Crippen LogP contribution in [0.4, 0.5) is 5.13 Å². The van der Waals surface area contributed by atoms with Crippen LogP contribution in [-0.4, -0.2) is 84.6 Å². The summed E-state index contributed by atoms with van der Waals surface area (Å²) in [6.07, 6.45) is 6.07. The van der Waals surface area contributed by atoms with Crippen molar-refractivity contribution in [3.63, 3.8) is 0 Å². The monoisotopic (exact) mass is 430 g/mol. The molecule has 2 fully saturated rings. The van der Waals surface area contributed by atoms with Gasteiger partial charge in [-0.1, -0.05) is 18.3 Å². The summed E-state index contributed by atoms with van der Waals surface area (Å²) < 4.78 is 0. The summed E-state index contributed by atoms with van der Waals surface area (Å²) in [5.74, 6) is 0.253. The summed E-state index contributed by atoms with van der Waals surface area (Å²) in [5, 5.41) is 4.18. The molecule has 2 aliphatic heterocycles. The van der Waals surface area contributed by atoms with Crippen LogP contribution in [0.15, 0.2) is 18.3 Å². The van der Waals surface area contributed by atoms with E-state index in [2.05, 4.69) is 31.9 Å². The maximum absolute atomic E-state index is 12.7. The van der Waals surface area contributed by atoms with E-state index in [0.717, 1.165) is 74.0 Å². The van der Waals surface area contributed by atoms with Gasteiger partial charge in [-0.25, -0.2) is 9.97 Å². The molecule has 8 heteroatoms. The number of aromatic nitrogens is 2. The van der Waals surface area contributed by atoms with E-state index in [4.69, 9.17) is 4.98 Å². The van der Waals surface area contributed by atoms with Crippen LogP contribution in [0.2, 0.25) is 0 Å². The number of nitrogens with zero attached hydrogens (tertiary/aromatic N) is 5. The lowest BCUT2D eigenvalue weighted by Crippen LogP contribution is -2.47. The average Bonchev–Trinajstić information content (AvgIpc) is 3.22. The number of pyridine rings is 1. The number of hydrogen-bond acceptors (Lipinski definition) is 7. The van der Waals surface area contributed by atoms with Gasteiger partial charge in [-0.15, -0.1) is 0 Å². The van der Waals surface area contributed by atoms with Crippen LogP contribution in [0.5, 0.6) is 0 Å². The number of rotatable bonds is 8. The molecule has 2 aromatic heterocycles. The van der Waals surface area contributed by atoms with E-state index in [0.29, 0.717) is 0 Å². The first-order valence-electron chi connectivity index (χ1n) is 11.4. The molecule has 164 valence electrons. The predicted molar refractivity (Wildman–Crippen MR) is 123 cm³/mol. The summed E-state index contributed by atoms with van der Waals surface area (Å²) in [6.45, 7) is 11.7. The van der Waals surface area contributed by atoms with Gasteiger partial charge in [-0.05, 0) is 50.9 Å². The number of thiazole rings is 1. The van der Waals surface area contributed by atoms with E-state index in [-0.39, 0.29) is 11.8 Å². The molecule has 0 bridgehead atoms. The normalized spacial score (nSPS) is 21.2. The summed E-state index contributed by atoms with van der Waals surface area (Å²) in [7, 11) is 0. The Morgan fingerprint density at radius 3 is 2.77 bits per heavy atom. The highest BCUT2D eigenvalue weighted by Gasteiger charge is 2.27. The molecule has 4 heterocycles. The van der Waals surface area contributed by atoms with Crippen LogP contribution in [0, 0.1) is 5.92 Å². The highest BCUT2D eigenvalue weighted by atomic mass is 32.1. The Balaban J connectivity index is 1.18. The van der Waals surface area contributed by atoms with Crippen molar-refractivity contribution < 1.29 is 4.79 Å². The zero-order valence-corrected chi connectivity index (χ0v) is 18.9. The third kappa shape index (κ3) is 5.47. The fourth-order valence-electron chi connectivity index (χ4n) is 4.47. The second-order valence-corrected chi connectivity index (χ2v) is 9.39. The number of amides is 1. The Labute approximate surface area is 183 Å². The van der Waals surface area contributed by atoms with Gasteiger partial charge in [0.15, 0.2) is 5.13 Å². The van der Waals surface area contributed by atoms with Crippen molar-refractivity contribution in [2.75, 3.05) is 63.8 Å². The summed E-state index contributed by atoms with van der Waals surface area (Å²) in [5.41, 5.74) is 0.944. The van der Waals surface area contributed by atoms with E-state index in [1.165, 1.54) is 26.1 Å². The fourth-order valence-corrected chi connectivity index (χ4v) is 5.41. The van der Waals surface area contributed by atoms with Crippen molar-refractivity contribution in [1.82, 2.24) is 25.1 Å². The molecular formula is C22H34N6OS. The number of carbonyl (C=O) groups excluding carboxylic acids is 1. The lowest BCUT2D eigenvalue weighted by Gasteiger charge is -2.34. The Morgan fingerprint density at radius 1 is 1.20 bits per heavy atom. The minimum Gasteiger partial charge on any atom is -0.356 e. The van der Waals surface area contributed by atoms with E-state index >= 15 is 0 Å². The van der Waals surface area contributed by atoms with Crippen LogP contribution < -0.4 is 10.2 Å². The maximum Gasteiger partial charge on any atom is 0.224 e. The van der Waals surface area contributed by atoms with Gasteiger partial charge in [0.2, 0.25) is 5.91 Å². The van der Waals surface area contributed by atoms with E-state index in [1.807, 2.05) is 18.3 Å². The standard InChI is InChI=1S/C22H34N6OS/c1-2-10-26-13-15-27(16-14-26)11-5-9-23-20(29)18-6-4-12-28(17-18)22-25-19-7-3-8-24-21(19)30-22/h3,7-8,18H,2,4-6,9-17H2,1H3,(H,23,29)/t18-/m1/s1. The van der Waals surface area contributed by atoms with Gasteiger partial charge in [-0.3, -0.25) is 4.79 Å². The summed E-state index contributed by atoms with van der Waals surface area (Å²) in [4.78, 5) is 30.1. The smallest absolute Gasteiger partial charge is 0.224 e. The van der Waals surface area contributed by atoms with Crippen molar-refractivity contribution in [3.05, 3.63) is 18.3 Å². The molecule has 0 saturated carbocycles. The first-order chi connectivity index (χ1) is 14.7. The molecule has 2 aliphatic rings. The number of fused-ring (bicyclic) bond motifs is 1. The van der Waals surface area contributed by atoms with Crippen LogP contribution in [0.3, 0.4) is 0 Å². The highest BCUT2D eigenvalue weighted by molar-refractivity contribution is 7.21. The third-order valence-electron chi connectivity index (χ3n) is 6.17. The van der Waals surface area contributed by atoms with Crippen molar-refractivity contribution in [3.8, 4) is 0 Å². The molecule has 0 aromatic carbocycles.